The standard InChI is InChI=1S/C13H24/c1-4-13(11(2)3)8-6-5-7-12-9-10-12/h5-6,11-13H,4,7-10H2,1-3H3. The first-order valence-corrected chi connectivity index (χ1v) is 5.89. The molecule has 0 saturated heterocycles. The van der Waals surface area contributed by atoms with Crippen LogP contribution in [0.25, 0.3) is 0 Å². The zero-order chi connectivity index (χ0) is 9.68. The Morgan fingerprint density at radius 3 is 2.38 bits per heavy atom. The molecule has 13 heavy (non-hydrogen) atoms. The molecule has 0 bridgehead atoms. The van der Waals surface area contributed by atoms with Gasteiger partial charge in [0.2, 0.25) is 0 Å². The Morgan fingerprint density at radius 2 is 1.92 bits per heavy atom. The minimum absolute atomic E-state index is 0.843. The van der Waals surface area contributed by atoms with E-state index in [4.69, 9.17) is 0 Å². The number of hydrogen-bond acceptors (Lipinski definition) is 0. The van der Waals surface area contributed by atoms with Crippen LogP contribution in [0.2, 0.25) is 0 Å². The molecule has 0 heterocycles. The molecule has 0 amide bonds. The van der Waals surface area contributed by atoms with Gasteiger partial charge < -0.3 is 0 Å². The lowest BCUT2D eigenvalue weighted by Crippen LogP contribution is -2.05. The molecule has 0 aromatic carbocycles. The predicted molar refractivity (Wildman–Crippen MR) is 59.7 cm³/mol. The summed E-state index contributed by atoms with van der Waals surface area (Å²) in [6, 6.07) is 0. The summed E-state index contributed by atoms with van der Waals surface area (Å²) in [4.78, 5) is 0. The Labute approximate surface area is 83.4 Å². The third-order valence-electron chi connectivity index (χ3n) is 3.24. The molecule has 0 radical (unpaired) electrons. The molecular weight excluding hydrogens is 156 g/mol. The Kier molecular flexibility index (Phi) is 4.55. The van der Waals surface area contributed by atoms with Gasteiger partial charge in [-0.2, -0.15) is 0 Å². The first-order valence-electron chi connectivity index (χ1n) is 5.89. The summed E-state index contributed by atoms with van der Waals surface area (Å²) in [5, 5.41) is 0. The highest BCUT2D eigenvalue weighted by Gasteiger charge is 2.18. The van der Waals surface area contributed by atoms with Crippen molar-refractivity contribution in [2.45, 2.75) is 52.9 Å². The van der Waals surface area contributed by atoms with Crippen molar-refractivity contribution in [3.63, 3.8) is 0 Å². The van der Waals surface area contributed by atoms with Crippen LogP contribution in [0.5, 0.6) is 0 Å². The maximum absolute atomic E-state index is 2.41. The Morgan fingerprint density at radius 1 is 1.23 bits per heavy atom. The molecular formula is C13H24. The largest absolute Gasteiger partial charge is 0.0883 e. The average molecular weight is 180 g/mol. The first kappa shape index (κ1) is 10.8. The number of rotatable bonds is 6. The van der Waals surface area contributed by atoms with E-state index in [1.165, 1.54) is 32.1 Å². The predicted octanol–water partition coefficient (Wildman–Crippen LogP) is 4.42. The molecule has 1 saturated carbocycles. The average Bonchev–Trinajstić information content (AvgIpc) is 2.87. The third-order valence-corrected chi connectivity index (χ3v) is 3.24. The summed E-state index contributed by atoms with van der Waals surface area (Å²) in [5.41, 5.74) is 0. The van der Waals surface area contributed by atoms with E-state index in [1.54, 1.807) is 0 Å². The maximum Gasteiger partial charge on any atom is -0.0320 e. The second-order valence-corrected chi connectivity index (χ2v) is 4.80. The van der Waals surface area contributed by atoms with Crippen LogP contribution in [0.4, 0.5) is 0 Å². The molecule has 0 heteroatoms. The lowest BCUT2D eigenvalue weighted by molar-refractivity contribution is 0.376. The molecule has 0 nitrogen and oxygen atoms in total. The summed E-state index contributed by atoms with van der Waals surface area (Å²) < 4.78 is 0. The van der Waals surface area contributed by atoms with Gasteiger partial charge in [0.05, 0.1) is 0 Å². The fourth-order valence-corrected chi connectivity index (χ4v) is 1.82. The lowest BCUT2D eigenvalue weighted by atomic mass is 9.90. The van der Waals surface area contributed by atoms with Crippen molar-refractivity contribution in [2.75, 3.05) is 0 Å². The summed E-state index contributed by atoms with van der Waals surface area (Å²) in [6.45, 7) is 6.98. The molecule has 1 aliphatic carbocycles. The fourth-order valence-electron chi connectivity index (χ4n) is 1.82. The summed E-state index contributed by atoms with van der Waals surface area (Å²) >= 11 is 0. The van der Waals surface area contributed by atoms with Gasteiger partial charge in [-0.3, -0.25) is 0 Å². The van der Waals surface area contributed by atoms with Crippen LogP contribution in [0.1, 0.15) is 52.9 Å². The molecule has 0 N–H and O–H groups in total. The topological polar surface area (TPSA) is 0 Å². The van der Waals surface area contributed by atoms with Gasteiger partial charge in [-0.1, -0.05) is 39.3 Å². The summed E-state index contributed by atoms with van der Waals surface area (Å²) in [5.74, 6) is 2.79. The van der Waals surface area contributed by atoms with Crippen molar-refractivity contribution in [3.05, 3.63) is 12.2 Å². The molecule has 0 aromatic rings. The maximum atomic E-state index is 2.41. The second kappa shape index (κ2) is 5.47. The second-order valence-electron chi connectivity index (χ2n) is 4.80. The molecule has 76 valence electrons. The summed E-state index contributed by atoms with van der Waals surface area (Å²) in [7, 11) is 0. The van der Waals surface area contributed by atoms with E-state index in [9.17, 15) is 0 Å². The van der Waals surface area contributed by atoms with Crippen LogP contribution in [0, 0.1) is 17.8 Å². The Bertz CT molecular complexity index is 151. The highest BCUT2D eigenvalue weighted by atomic mass is 14.2. The molecule has 1 aliphatic rings. The van der Waals surface area contributed by atoms with Crippen molar-refractivity contribution in [3.8, 4) is 0 Å². The van der Waals surface area contributed by atoms with Crippen molar-refractivity contribution in [1.29, 1.82) is 0 Å². The van der Waals surface area contributed by atoms with Crippen LogP contribution in [-0.4, -0.2) is 0 Å². The van der Waals surface area contributed by atoms with E-state index in [0.29, 0.717) is 0 Å². The molecule has 0 spiro atoms. The van der Waals surface area contributed by atoms with Crippen molar-refractivity contribution >= 4 is 0 Å². The van der Waals surface area contributed by atoms with Gasteiger partial charge in [-0.25, -0.2) is 0 Å². The molecule has 0 aromatic heterocycles. The Balaban J connectivity index is 2.09. The van der Waals surface area contributed by atoms with E-state index in [1.807, 2.05) is 0 Å². The van der Waals surface area contributed by atoms with Crippen molar-refractivity contribution < 1.29 is 0 Å². The minimum atomic E-state index is 0.843. The minimum Gasteiger partial charge on any atom is -0.0883 e. The van der Waals surface area contributed by atoms with Gasteiger partial charge in [-0.05, 0) is 43.4 Å². The first-order chi connectivity index (χ1) is 6.24. The molecule has 0 aliphatic heterocycles. The van der Waals surface area contributed by atoms with Gasteiger partial charge in [0.15, 0.2) is 0 Å². The monoisotopic (exact) mass is 180 g/mol. The van der Waals surface area contributed by atoms with Crippen molar-refractivity contribution in [1.82, 2.24) is 0 Å². The van der Waals surface area contributed by atoms with Gasteiger partial charge >= 0.3 is 0 Å². The van der Waals surface area contributed by atoms with Crippen molar-refractivity contribution in [2.24, 2.45) is 17.8 Å². The van der Waals surface area contributed by atoms with Crippen LogP contribution >= 0.6 is 0 Å². The van der Waals surface area contributed by atoms with E-state index in [0.717, 1.165) is 17.8 Å². The van der Waals surface area contributed by atoms with Crippen LogP contribution in [0.15, 0.2) is 12.2 Å². The number of hydrogen-bond donors (Lipinski definition) is 0. The Hall–Kier alpha value is -0.260. The quantitative estimate of drug-likeness (QED) is 0.531. The molecule has 1 unspecified atom stereocenters. The van der Waals surface area contributed by atoms with Gasteiger partial charge in [0.25, 0.3) is 0 Å². The molecule has 1 rings (SSSR count). The van der Waals surface area contributed by atoms with Gasteiger partial charge in [-0.15, -0.1) is 0 Å². The molecule has 1 fully saturated rings. The smallest absolute Gasteiger partial charge is 0.0320 e. The molecule has 1 atom stereocenters. The number of allylic oxidation sites excluding steroid dienone is 2. The highest BCUT2D eigenvalue weighted by Crippen LogP contribution is 2.32. The van der Waals surface area contributed by atoms with E-state index >= 15 is 0 Å². The summed E-state index contributed by atoms with van der Waals surface area (Å²) in [6.07, 6.45) is 11.7. The third kappa shape index (κ3) is 4.50. The van der Waals surface area contributed by atoms with Gasteiger partial charge in [0, 0.05) is 0 Å². The van der Waals surface area contributed by atoms with E-state index in [-0.39, 0.29) is 0 Å². The zero-order valence-corrected chi connectivity index (χ0v) is 9.42. The SMILES string of the molecule is CCC(CC=CCC1CC1)C(C)C. The fraction of sp³-hybridized carbons (Fsp3) is 0.846. The van der Waals surface area contributed by atoms with Crippen LogP contribution < -0.4 is 0 Å². The normalized spacial score (nSPS) is 20.0. The highest BCUT2D eigenvalue weighted by molar-refractivity contribution is 4.89. The van der Waals surface area contributed by atoms with E-state index < -0.39 is 0 Å². The van der Waals surface area contributed by atoms with Crippen LogP contribution in [0.3, 0.4) is 0 Å². The van der Waals surface area contributed by atoms with Gasteiger partial charge in [0.1, 0.15) is 0 Å². The van der Waals surface area contributed by atoms with Crippen LogP contribution in [-0.2, 0) is 0 Å². The van der Waals surface area contributed by atoms with E-state index in [2.05, 4.69) is 32.9 Å². The zero-order valence-electron chi connectivity index (χ0n) is 9.42. The lowest BCUT2D eigenvalue weighted by Gasteiger charge is -2.16.